The molecule has 3 N–H and O–H groups in total. The Labute approximate surface area is 106 Å². The van der Waals surface area contributed by atoms with Gasteiger partial charge in [0.2, 0.25) is 0 Å². The molecule has 2 rings (SSSR count). The molecule has 0 aliphatic carbocycles. The van der Waals surface area contributed by atoms with Gasteiger partial charge in [0.15, 0.2) is 0 Å². The van der Waals surface area contributed by atoms with Crippen LogP contribution in [0.4, 0.5) is 0 Å². The van der Waals surface area contributed by atoms with Crippen molar-refractivity contribution in [1.29, 1.82) is 5.41 Å². The van der Waals surface area contributed by atoms with Crippen LogP contribution in [0.2, 0.25) is 0 Å². The topological polar surface area (TPSA) is 72.0 Å². The Morgan fingerprint density at radius 1 is 1.11 bits per heavy atom. The third-order valence-electron chi connectivity index (χ3n) is 2.57. The summed E-state index contributed by atoms with van der Waals surface area (Å²) < 4.78 is 5.61. The lowest BCUT2D eigenvalue weighted by molar-refractivity contribution is 0.322. The number of aromatic nitrogens is 1. The summed E-state index contributed by atoms with van der Waals surface area (Å²) >= 11 is 0. The number of benzene rings is 1. The molecule has 0 spiro atoms. The summed E-state index contributed by atoms with van der Waals surface area (Å²) in [4.78, 5) is 3.97. The number of nitrogens with zero attached hydrogens (tertiary/aromatic N) is 1. The molecule has 0 unspecified atom stereocenters. The Hall–Kier alpha value is -2.36. The predicted octanol–water partition coefficient (Wildman–Crippen LogP) is 1.99. The van der Waals surface area contributed by atoms with Crippen molar-refractivity contribution in [3.05, 3.63) is 59.9 Å². The van der Waals surface area contributed by atoms with Crippen LogP contribution in [0.25, 0.3) is 0 Å². The number of nitrogen functional groups attached to an aromatic ring is 1. The molecule has 1 heterocycles. The van der Waals surface area contributed by atoms with Crippen molar-refractivity contribution < 1.29 is 4.74 Å². The van der Waals surface area contributed by atoms with Gasteiger partial charge in [0, 0.05) is 24.4 Å². The van der Waals surface area contributed by atoms with E-state index in [1.54, 1.807) is 24.5 Å². The Bertz CT molecular complexity index is 508. The monoisotopic (exact) mass is 241 g/mol. The van der Waals surface area contributed by atoms with Gasteiger partial charge in [0.05, 0.1) is 6.61 Å². The van der Waals surface area contributed by atoms with Gasteiger partial charge in [-0.2, -0.15) is 0 Å². The van der Waals surface area contributed by atoms with Crippen LogP contribution in [0.15, 0.2) is 48.8 Å². The lowest BCUT2D eigenvalue weighted by Crippen LogP contribution is -2.10. The molecular weight excluding hydrogens is 226 g/mol. The van der Waals surface area contributed by atoms with Crippen LogP contribution in [-0.2, 0) is 6.42 Å². The average molecular weight is 241 g/mol. The Kier molecular flexibility index (Phi) is 3.91. The molecule has 0 fully saturated rings. The van der Waals surface area contributed by atoms with E-state index in [0.717, 1.165) is 12.2 Å². The average Bonchev–Trinajstić information content (AvgIpc) is 2.40. The molecule has 18 heavy (non-hydrogen) atoms. The first-order valence-corrected chi connectivity index (χ1v) is 5.72. The van der Waals surface area contributed by atoms with Crippen LogP contribution in [-0.4, -0.2) is 17.4 Å². The van der Waals surface area contributed by atoms with Gasteiger partial charge in [-0.3, -0.25) is 10.4 Å². The van der Waals surface area contributed by atoms with Crippen LogP contribution in [0.5, 0.6) is 5.75 Å². The third-order valence-corrected chi connectivity index (χ3v) is 2.57. The number of ether oxygens (including phenoxy) is 1. The molecule has 1 aromatic heterocycles. The molecule has 2 aromatic rings. The highest BCUT2D eigenvalue weighted by Gasteiger charge is 1.98. The van der Waals surface area contributed by atoms with E-state index in [9.17, 15) is 0 Å². The largest absolute Gasteiger partial charge is 0.493 e. The quantitative estimate of drug-likeness (QED) is 0.621. The summed E-state index contributed by atoms with van der Waals surface area (Å²) in [7, 11) is 0. The molecule has 0 saturated heterocycles. The molecule has 0 radical (unpaired) electrons. The van der Waals surface area contributed by atoms with Crippen LogP contribution >= 0.6 is 0 Å². The number of nitrogens with two attached hydrogens (primary N) is 1. The maximum absolute atomic E-state index is 7.29. The molecule has 1 aromatic carbocycles. The Morgan fingerprint density at radius 3 is 2.39 bits per heavy atom. The lowest BCUT2D eigenvalue weighted by atomic mass is 10.2. The molecule has 0 saturated carbocycles. The van der Waals surface area contributed by atoms with Gasteiger partial charge in [-0.1, -0.05) is 0 Å². The van der Waals surface area contributed by atoms with Crippen LogP contribution in [0.1, 0.15) is 11.1 Å². The minimum atomic E-state index is 0.0679. The number of hydrogen-bond donors (Lipinski definition) is 2. The first-order chi connectivity index (χ1) is 8.75. The standard InChI is InChI=1S/C14H15N3O/c15-14(16)12-1-3-13(4-2-12)18-10-7-11-5-8-17-9-6-11/h1-6,8-9H,7,10H2,(H3,15,16). The third kappa shape index (κ3) is 3.31. The number of amidine groups is 1. The summed E-state index contributed by atoms with van der Waals surface area (Å²) in [6.45, 7) is 0.615. The van der Waals surface area contributed by atoms with Gasteiger partial charge in [-0.25, -0.2) is 0 Å². The van der Waals surface area contributed by atoms with Gasteiger partial charge in [0.1, 0.15) is 11.6 Å². The maximum Gasteiger partial charge on any atom is 0.122 e. The zero-order valence-electron chi connectivity index (χ0n) is 9.97. The number of nitrogens with one attached hydrogen (secondary N) is 1. The molecule has 0 amide bonds. The molecule has 4 nitrogen and oxygen atoms in total. The fraction of sp³-hybridized carbons (Fsp3) is 0.143. The van der Waals surface area contributed by atoms with E-state index in [1.807, 2.05) is 24.3 Å². The van der Waals surface area contributed by atoms with Crippen LogP contribution in [0.3, 0.4) is 0 Å². The van der Waals surface area contributed by atoms with Crippen molar-refractivity contribution in [2.45, 2.75) is 6.42 Å². The summed E-state index contributed by atoms with van der Waals surface area (Å²) in [6.07, 6.45) is 4.39. The fourth-order valence-electron chi connectivity index (χ4n) is 1.57. The molecule has 0 aliphatic rings. The summed E-state index contributed by atoms with van der Waals surface area (Å²) in [5.41, 5.74) is 7.28. The highest BCUT2D eigenvalue weighted by molar-refractivity contribution is 5.94. The molecule has 92 valence electrons. The second kappa shape index (κ2) is 5.82. The minimum Gasteiger partial charge on any atom is -0.493 e. The second-order valence-electron chi connectivity index (χ2n) is 3.89. The smallest absolute Gasteiger partial charge is 0.122 e. The zero-order chi connectivity index (χ0) is 12.8. The number of pyridine rings is 1. The molecule has 0 atom stereocenters. The van der Waals surface area contributed by atoms with E-state index in [0.29, 0.717) is 12.2 Å². The van der Waals surface area contributed by atoms with Crippen molar-refractivity contribution in [3.63, 3.8) is 0 Å². The molecule has 0 bridgehead atoms. The highest BCUT2D eigenvalue weighted by Crippen LogP contribution is 2.12. The number of rotatable bonds is 5. The van der Waals surface area contributed by atoms with Crippen molar-refractivity contribution in [2.24, 2.45) is 5.73 Å². The van der Waals surface area contributed by atoms with Gasteiger partial charge in [0.25, 0.3) is 0 Å². The normalized spacial score (nSPS) is 10.0. The number of hydrogen-bond acceptors (Lipinski definition) is 3. The molecular formula is C14H15N3O. The van der Waals surface area contributed by atoms with E-state index >= 15 is 0 Å². The van der Waals surface area contributed by atoms with E-state index in [2.05, 4.69) is 4.98 Å². The van der Waals surface area contributed by atoms with Gasteiger partial charge in [-0.15, -0.1) is 0 Å². The van der Waals surface area contributed by atoms with E-state index in [4.69, 9.17) is 15.9 Å². The van der Waals surface area contributed by atoms with E-state index in [1.165, 1.54) is 5.56 Å². The zero-order valence-corrected chi connectivity index (χ0v) is 9.97. The van der Waals surface area contributed by atoms with Crippen molar-refractivity contribution in [1.82, 2.24) is 4.98 Å². The van der Waals surface area contributed by atoms with E-state index < -0.39 is 0 Å². The van der Waals surface area contributed by atoms with Gasteiger partial charge in [-0.05, 0) is 42.0 Å². The lowest BCUT2D eigenvalue weighted by Gasteiger charge is -2.06. The molecule has 0 aliphatic heterocycles. The first-order valence-electron chi connectivity index (χ1n) is 5.72. The Morgan fingerprint density at radius 2 is 1.78 bits per heavy atom. The summed E-state index contributed by atoms with van der Waals surface area (Å²) in [5, 5.41) is 7.29. The minimum absolute atomic E-state index is 0.0679. The fourth-order valence-corrected chi connectivity index (χ4v) is 1.57. The van der Waals surface area contributed by atoms with Gasteiger partial charge < -0.3 is 10.5 Å². The maximum atomic E-state index is 7.29. The van der Waals surface area contributed by atoms with Crippen molar-refractivity contribution >= 4 is 5.84 Å². The highest BCUT2D eigenvalue weighted by atomic mass is 16.5. The second-order valence-corrected chi connectivity index (χ2v) is 3.89. The summed E-state index contributed by atoms with van der Waals surface area (Å²) in [5.74, 6) is 0.854. The van der Waals surface area contributed by atoms with Crippen LogP contribution < -0.4 is 10.5 Å². The van der Waals surface area contributed by atoms with Crippen LogP contribution in [0, 0.1) is 5.41 Å². The SMILES string of the molecule is N=C(N)c1ccc(OCCc2ccncc2)cc1. The first kappa shape index (κ1) is 12.1. The van der Waals surface area contributed by atoms with Gasteiger partial charge >= 0.3 is 0 Å². The molecule has 4 heteroatoms. The van der Waals surface area contributed by atoms with Crippen molar-refractivity contribution in [2.75, 3.05) is 6.61 Å². The predicted molar refractivity (Wildman–Crippen MR) is 70.9 cm³/mol. The Balaban J connectivity index is 1.85. The van der Waals surface area contributed by atoms with E-state index in [-0.39, 0.29) is 5.84 Å². The summed E-state index contributed by atoms with van der Waals surface area (Å²) in [6, 6.07) is 11.2. The van der Waals surface area contributed by atoms with Crippen molar-refractivity contribution in [3.8, 4) is 5.75 Å².